The van der Waals surface area contributed by atoms with E-state index in [0.29, 0.717) is 6.04 Å². The summed E-state index contributed by atoms with van der Waals surface area (Å²) in [5.41, 5.74) is 1.17. The standard InChI is InChI=1S/C15H26ClN5.HI/c1-17-15(18-9-13-6-5-7-19(13)2)21(4)11-14-8-12(16)10-20(14)3;/h8,10,13H,5-7,9,11H2,1-4H3,(H,17,18);1H. The second kappa shape index (κ2) is 8.98. The molecule has 1 aromatic heterocycles. The van der Waals surface area contributed by atoms with Crippen molar-refractivity contribution in [2.75, 3.05) is 34.2 Å². The molecule has 0 radical (unpaired) electrons. The van der Waals surface area contributed by atoms with Crippen molar-refractivity contribution in [1.82, 2.24) is 19.7 Å². The number of likely N-dealkylation sites (N-methyl/N-ethyl adjacent to an activating group) is 1. The van der Waals surface area contributed by atoms with Crippen molar-refractivity contribution in [3.8, 4) is 0 Å². The number of likely N-dealkylation sites (tertiary alicyclic amines) is 1. The summed E-state index contributed by atoms with van der Waals surface area (Å²) in [4.78, 5) is 8.92. The first-order valence-electron chi connectivity index (χ1n) is 7.44. The first-order valence-corrected chi connectivity index (χ1v) is 7.82. The first kappa shape index (κ1) is 19.6. The third kappa shape index (κ3) is 5.03. The number of aryl methyl sites for hydroxylation is 1. The molecule has 7 heteroatoms. The number of aliphatic imine (C=N–C) groups is 1. The minimum absolute atomic E-state index is 0. The van der Waals surface area contributed by atoms with E-state index in [-0.39, 0.29) is 24.0 Å². The molecule has 1 saturated heterocycles. The molecule has 2 heterocycles. The number of rotatable bonds is 4. The summed E-state index contributed by atoms with van der Waals surface area (Å²) in [7, 11) is 8.08. The molecule has 1 aliphatic rings. The van der Waals surface area contributed by atoms with Gasteiger partial charge in [0.25, 0.3) is 0 Å². The number of nitrogens with one attached hydrogen (secondary N) is 1. The maximum atomic E-state index is 6.04. The number of nitrogens with zero attached hydrogens (tertiary/aromatic N) is 4. The maximum Gasteiger partial charge on any atom is 0.193 e. The van der Waals surface area contributed by atoms with E-state index in [2.05, 4.69) is 38.8 Å². The summed E-state index contributed by atoms with van der Waals surface area (Å²) < 4.78 is 2.05. The quantitative estimate of drug-likeness (QED) is 0.445. The molecule has 126 valence electrons. The average molecular weight is 440 g/mol. The summed E-state index contributed by atoms with van der Waals surface area (Å²) in [6.45, 7) is 2.92. The van der Waals surface area contributed by atoms with Gasteiger partial charge in [0.05, 0.1) is 11.6 Å². The van der Waals surface area contributed by atoms with E-state index in [1.165, 1.54) is 25.1 Å². The second-order valence-corrected chi connectivity index (χ2v) is 6.26. The van der Waals surface area contributed by atoms with Crippen LogP contribution in [0, 0.1) is 0 Å². The minimum atomic E-state index is 0. The SMILES string of the molecule is CN=C(NCC1CCCN1C)N(C)Cc1cc(Cl)cn1C.I. The highest BCUT2D eigenvalue weighted by Gasteiger charge is 2.21. The van der Waals surface area contributed by atoms with Gasteiger partial charge in [-0.05, 0) is 32.5 Å². The molecule has 1 N–H and O–H groups in total. The second-order valence-electron chi connectivity index (χ2n) is 5.82. The molecule has 0 spiro atoms. The van der Waals surface area contributed by atoms with Crippen LogP contribution in [-0.4, -0.2) is 60.6 Å². The van der Waals surface area contributed by atoms with Gasteiger partial charge in [-0.3, -0.25) is 4.99 Å². The van der Waals surface area contributed by atoms with Gasteiger partial charge < -0.3 is 19.7 Å². The molecule has 5 nitrogen and oxygen atoms in total. The highest BCUT2D eigenvalue weighted by Crippen LogP contribution is 2.15. The maximum absolute atomic E-state index is 6.04. The summed E-state index contributed by atoms with van der Waals surface area (Å²) in [6.07, 6.45) is 4.48. The fourth-order valence-corrected chi connectivity index (χ4v) is 3.14. The molecule has 1 aromatic rings. The van der Waals surface area contributed by atoms with Crippen LogP contribution in [0.1, 0.15) is 18.5 Å². The number of hydrogen-bond acceptors (Lipinski definition) is 2. The zero-order valence-corrected chi connectivity index (χ0v) is 16.9. The Morgan fingerprint density at radius 3 is 2.73 bits per heavy atom. The van der Waals surface area contributed by atoms with E-state index < -0.39 is 0 Å². The van der Waals surface area contributed by atoms with Crippen molar-refractivity contribution < 1.29 is 0 Å². The van der Waals surface area contributed by atoms with E-state index in [0.717, 1.165) is 24.1 Å². The Hall–Kier alpha value is -0.470. The van der Waals surface area contributed by atoms with Crippen LogP contribution in [0.5, 0.6) is 0 Å². The minimum Gasteiger partial charge on any atom is -0.355 e. The van der Waals surface area contributed by atoms with E-state index in [1.807, 2.05) is 26.4 Å². The molecule has 0 aliphatic carbocycles. The average Bonchev–Trinajstić information content (AvgIpc) is 2.97. The predicted molar refractivity (Wildman–Crippen MR) is 104 cm³/mol. The number of halogens is 2. The summed E-state index contributed by atoms with van der Waals surface area (Å²) in [5.74, 6) is 0.924. The molecule has 0 bridgehead atoms. The van der Waals surface area contributed by atoms with Gasteiger partial charge in [-0.1, -0.05) is 11.6 Å². The van der Waals surface area contributed by atoms with Crippen molar-refractivity contribution >= 4 is 41.5 Å². The van der Waals surface area contributed by atoms with Crippen LogP contribution in [0.2, 0.25) is 5.02 Å². The lowest BCUT2D eigenvalue weighted by Gasteiger charge is -2.25. The Kier molecular flexibility index (Phi) is 7.99. The zero-order chi connectivity index (χ0) is 15.4. The van der Waals surface area contributed by atoms with Crippen molar-refractivity contribution in [3.05, 3.63) is 23.0 Å². The molecule has 1 unspecified atom stereocenters. The van der Waals surface area contributed by atoms with Crippen molar-refractivity contribution in [1.29, 1.82) is 0 Å². The largest absolute Gasteiger partial charge is 0.355 e. The monoisotopic (exact) mass is 439 g/mol. The van der Waals surface area contributed by atoms with Gasteiger partial charge in [-0.2, -0.15) is 0 Å². The third-order valence-corrected chi connectivity index (χ3v) is 4.42. The van der Waals surface area contributed by atoms with Gasteiger partial charge in [-0.15, -0.1) is 24.0 Å². The van der Waals surface area contributed by atoms with Crippen molar-refractivity contribution in [2.24, 2.45) is 12.0 Å². The molecule has 1 atom stereocenters. The van der Waals surface area contributed by atoms with E-state index in [1.54, 1.807) is 0 Å². The topological polar surface area (TPSA) is 35.8 Å². The van der Waals surface area contributed by atoms with Crippen molar-refractivity contribution in [2.45, 2.75) is 25.4 Å². The van der Waals surface area contributed by atoms with Crippen LogP contribution in [0.4, 0.5) is 0 Å². The van der Waals surface area contributed by atoms with Gasteiger partial charge >= 0.3 is 0 Å². The molecule has 0 saturated carbocycles. The molecule has 1 aliphatic heterocycles. The fraction of sp³-hybridized carbons (Fsp3) is 0.667. The predicted octanol–water partition coefficient (Wildman–Crippen LogP) is 2.40. The van der Waals surface area contributed by atoms with Gasteiger partial charge in [0, 0.05) is 45.6 Å². The molecule has 1 fully saturated rings. The van der Waals surface area contributed by atoms with Gasteiger partial charge in [-0.25, -0.2) is 0 Å². The van der Waals surface area contributed by atoms with Crippen LogP contribution in [0.15, 0.2) is 17.3 Å². The molecule has 2 rings (SSSR count). The smallest absolute Gasteiger partial charge is 0.193 e. The Labute approximate surface area is 155 Å². The van der Waals surface area contributed by atoms with Crippen LogP contribution >= 0.6 is 35.6 Å². The number of hydrogen-bond donors (Lipinski definition) is 1. The first-order chi connectivity index (χ1) is 10.0. The van der Waals surface area contributed by atoms with Crippen molar-refractivity contribution in [3.63, 3.8) is 0 Å². The highest BCUT2D eigenvalue weighted by molar-refractivity contribution is 14.0. The van der Waals surface area contributed by atoms with E-state index in [9.17, 15) is 0 Å². The van der Waals surface area contributed by atoms with E-state index >= 15 is 0 Å². The fourth-order valence-electron chi connectivity index (χ4n) is 2.87. The Balaban J connectivity index is 0.00000242. The number of aromatic nitrogens is 1. The molecule has 0 amide bonds. The zero-order valence-electron chi connectivity index (χ0n) is 13.8. The lowest BCUT2D eigenvalue weighted by atomic mass is 10.2. The summed E-state index contributed by atoms with van der Waals surface area (Å²) >= 11 is 6.04. The molecular formula is C15H27ClIN5. The summed E-state index contributed by atoms with van der Waals surface area (Å²) in [6, 6.07) is 2.61. The van der Waals surface area contributed by atoms with Gasteiger partial charge in [0.1, 0.15) is 0 Å². The Morgan fingerprint density at radius 1 is 1.50 bits per heavy atom. The van der Waals surface area contributed by atoms with Gasteiger partial charge in [0.2, 0.25) is 0 Å². The van der Waals surface area contributed by atoms with Gasteiger partial charge in [0.15, 0.2) is 5.96 Å². The normalized spacial score (nSPS) is 19.1. The van der Waals surface area contributed by atoms with Crippen LogP contribution in [0.3, 0.4) is 0 Å². The van der Waals surface area contributed by atoms with Crippen LogP contribution < -0.4 is 5.32 Å². The Morgan fingerprint density at radius 2 is 2.23 bits per heavy atom. The van der Waals surface area contributed by atoms with E-state index in [4.69, 9.17) is 11.6 Å². The molecule has 22 heavy (non-hydrogen) atoms. The molecule has 0 aromatic carbocycles. The summed E-state index contributed by atoms with van der Waals surface area (Å²) in [5, 5.41) is 4.25. The molecular weight excluding hydrogens is 413 g/mol. The van der Waals surface area contributed by atoms with Crippen LogP contribution in [0.25, 0.3) is 0 Å². The third-order valence-electron chi connectivity index (χ3n) is 4.21. The lowest BCUT2D eigenvalue weighted by molar-refractivity contribution is 0.306. The van der Waals surface area contributed by atoms with Crippen LogP contribution in [-0.2, 0) is 13.6 Å². The Bertz CT molecular complexity index is 502. The number of guanidine groups is 1. The highest BCUT2D eigenvalue weighted by atomic mass is 127. The lowest BCUT2D eigenvalue weighted by Crippen LogP contribution is -2.44.